The van der Waals surface area contributed by atoms with Crippen LogP contribution in [0.25, 0.3) is 77.2 Å². The Morgan fingerprint density at radius 1 is 0.360 bits per heavy atom. The van der Waals surface area contributed by atoms with Crippen molar-refractivity contribution in [1.82, 2.24) is 9.13 Å². The number of benzene rings is 7. The number of nitrogens with zero attached hydrogens (tertiary/aromatic N) is 5. The predicted octanol–water partition coefficient (Wildman–Crippen LogP) is 10.8. The van der Waals surface area contributed by atoms with Crippen molar-refractivity contribution in [2.75, 3.05) is 0 Å². The second kappa shape index (κ2) is 11.4. The van der Waals surface area contributed by atoms with E-state index in [9.17, 15) is 15.8 Å². The van der Waals surface area contributed by atoms with E-state index in [0.29, 0.717) is 16.7 Å². The first kappa shape index (κ1) is 28.8. The van der Waals surface area contributed by atoms with Crippen molar-refractivity contribution in [2.45, 2.75) is 0 Å². The van der Waals surface area contributed by atoms with Crippen molar-refractivity contribution in [3.8, 4) is 51.8 Å². The highest BCUT2D eigenvalue weighted by molar-refractivity contribution is 6.11. The molecule has 0 N–H and O–H groups in total. The van der Waals surface area contributed by atoms with E-state index in [1.165, 1.54) is 0 Å². The Morgan fingerprint density at radius 2 is 0.900 bits per heavy atom. The Bertz CT molecular complexity index is 2920. The maximum atomic E-state index is 10.5. The second-order valence-corrected chi connectivity index (χ2v) is 12.3. The minimum atomic E-state index is 0.546. The van der Waals surface area contributed by atoms with Crippen LogP contribution in [0.4, 0.5) is 0 Å². The molecule has 0 unspecified atom stereocenters. The van der Waals surface area contributed by atoms with Crippen LogP contribution >= 0.6 is 0 Å². The molecule has 9 aromatic rings. The molecule has 2 heterocycles. The van der Waals surface area contributed by atoms with Gasteiger partial charge in [0, 0.05) is 27.1 Å². The number of nitriles is 3. The molecule has 2 aromatic heterocycles. The summed E-state index contributed by atoms with van der Waals surface area (Å²) in [5.74, 6) is 0. The van der Waals surface area contributed by atoms with Gasteiger partial charge in [0.15, 0.2) is 0 Å². The molecule has 0 saturated heterocycles. The lowest BCUT2D eigenvalue weighted by Gasteiger charge is -2.16. The fourth-order valence-corrected chi connectivity index (χ4v) is 7.38. The molecule has 7 aromatic carbocycles. The first-order chi connectivity index (χ1) is 24.7. The zero-order chi connectivity index (χ0) is 33.8. The summed E-state index contributed by atoms with van der Waals surface area (Å²) in [5.41, 5.74) is 11.4. The van der Waals surface area contributed by atoms with Crippen molar-refractivity contribution >= 4 is 43.6 Å². The topological polar surface area (TPSA) is 81.2 Å². The smallest absolute Gasteiger partial charge is 0.101 e. The third-order valence-corrected chi connectivity index (χ3v) is 9.61. The number of hydrogen-bond donors (Lipinski definition) is 0. The Kier molecular flexibility index (Phi) is 6.56. The number of hydrogen-bond acceptors (Lipinski definition) is 3. The maximum absolute atomic E-state index is 10.5. The van der Waals surface area contributed by atoms with Crippen molar-refractivity contribution < 1.29 is 0 Å². The summed E-state index contributed by atoms with van der Waals surface area (Å²) in [4.78, 5) is 0. The van der Waals surface area contributed by atoms with Crippen LogP contribution in [0.3, 0.4) is 0 Å². The molecule has 9 rings (SSSR count). The molecule has 0 aliphatic heterocycles. The van der Waals surface area contributed by atoms with E-state index in [4.69, 9.17) is 0 Å². The van der Waals surface area contributed by atoms with Crippen LogP contribution in [0.1, 0.15) is 16.7 Å². The van der Waals surface area contributed by atoms with E-state index in [0.717, 1.165) is 77.2 Å². The van der Waals surface area contributed by atoms with Gasteiger partial charge in [0.2, 0.25) is 0 Å². The third kappa shape index (κ3) is 4.38. The van der Waals surface area contributed by atoms with E-state index >= 15 is 0 Å². The van der Waals surface area contributed by atoms with Gasteiger partial charge in [-0.25, -0.2) is 0 Å². The monoisotopic (exact) mass is 635 g/mol. The summed E-state index contributed by atoms with van der Waals surface area (Å²) in [6.45, 7) is 0. The summed E-state index contributed by atoms with van der Waals surface area (Å²) in [6.07, 6.45) is 0. The molecular weight excluding hydrogens is 611 g/mol. The van der Waals surface area contributed by atoms with Crippen LogP contribution < -0.4 is 0 Å². The standard InChI is InChI=1S/C45H25N5/c46-26-29-17-20-44-39(22-29)38-12-3-6-15-43(38)49(44)40-21-18-32(25-34(40)28-48)31-8-7-9-33(24-31)35-19-16-30(27-47)23-45(35)50-41-13-4-1-10-36(41)37-11-2-5-14-42(37)50/h1-25H. The molecule has 50 heavy (non-hydrogen) atoms. The molecule has 0 radical (unpaired) electrons. The minimum Gasteiger partial charge on any atom is -0.309 e. The van der Waals surface area contributed by atoms with E-state index < -0.39 is 0 Å². The Hall–Kier alpha value is -7.39. The van der Waals surface area contributed by atoms with E-state index in [1.807, 2.05) is 84.9 Å². The van der Waals surface area contributed by atoms with E-state index in [1.54, 1.807) is 0 Å². The first-order valence-electron chi connectivity index (χ1n) is 16.3. The Labute approximate surface area is 287 Å². The number of para-hydroxylation sites is 3. The highest BCUT2D eigenvalue weighted by Gasteiger charge is 2.18. The molecule has 0 amide bonds. The zero-order valence-corrected chi connectivity index (χ0v) is 26.7. The molecule has 230 valence electrons. The van der Waals surface area contributed by atoms with E-state index in [-0.39, 0.29) is 0 Å². The van der Waals surface area contributed by atoms with Gasteiger partial charge in [-0.1, -0.05) is 84.9 Å². The molecule has 5 heteroatoms. The summed E-state index contributed by atoms with van der Waals surface area (Å²) in [5, 5.41) is 34.3. The second-order valence-electron chi connectivity index (χ2n) is 12.3. The summed E-state index contributed by atoms with van der Waals surface area (Å²) in [7, 11) is 0. The van der Waals surface area contributed by atoms with Crippen molar-refractivity contribution in [3.05, 3.63) is 168 Å². The average Bonchev–Trinajstić information content (AvgIpc) is 3.70. The summed E-state index contributed by atoms with van der Waals surface area (Å²) < 4.78 is 4.36. The molecule has 0 atom stereocenters. The van der Waals surface area contributed by atoms with Crippen LogP contribution in [0.15, 0.2) is 152 Å². The van der Waals surface area contributed by atoms with Gasteiger partial charge in [-0.05, 0) is 83.4 Å². The Morgan fingerprint density at radius 3 is 1.56 bits per heavy atom. The number of aromatic nitrogens is 2. The molecule has 0 aliphatic carbocycles. The fourth-order valence-electron chi connectivity index (χ4n) is 7.38. The highest BCUT2D eigenvalue weighted by atomic mass is 15.0. The predicted molar refractivity (Wildman–Crippen MR) is 200 cm³/mol. The van der Waals surface area contributed by atoms with Crippen LogP contribution in [-0.2, 0) is 0 Å². The fraction of sp³-hybridized carbons (Fsp3) is 0. The molecule has 0 fully saturated rings. The van der Waals surface area contributed by atoms with Gasteiger partial charge in [-0.15, -0.1) is 0 Å². The van der Waals surface area contributed by atoms with Crippen LogP contribution in [0.2, 0.25) is 0 Å². The molecule has 5 nitrogen and oxygen atoms in total. The lowest BCUT2D eigenvalue weighted by Crippen LogP contribution is -1.99. The third-order valence-electron chi connectivity index (χ3n) is 9.61. The van der Waals surface area contributed by atoms with Gasteiger partial charge >= 0.3 is 0 Å². The van der Waals surface area contributed by atoms with Gasteiger partial charge in [0.05, 0.1) is 62.3 Å². The van der Waals surface area contributed by atoms with Gasteiger partial charge < -0.3 is 9.13 Å². The van der Waals surface area contributed by atoms with Crippen molar-refractivity contribution in [2.24, 2.45) is 0 Å². The van der Waals surface area contributed by atoms with Crippen LogP contribution in [0, 0.1) is 34.0 Å². The lowest BCUT2D eigenvalue weighted by atomic mass is 9.96. The summed E-state index contributed by atoms with van der Waals surface area (Å²) >= 11 is 0. The zero-order valence-electron chi connectivity index (χ0n) is 26.7. The molecule has 0 aliphatic rings. The Balaban J connectivity index is 1.20. The molecular formula is C45H25N5. The van der Waals surface area contributed by atoms with E-state index in [2.05, 4.69) is 94.1 Å². The molecule has 0 saturated carbocycles. The largest absolute Gasteiger partial charge is 0.309 e. The maximum Gasteiger partial charge on any atom is 0.101 e. The quantitative estimate of drug-likeness (QED) is 0.193. The first-order valence-corrected chi connectivity index (χ1v) is 16.3. The minimum absolute atomic E-state index is 0.546. The SMILES string of the molecule is N#Cc1ccc(-c2cccc(-c3ccc(-n4c5ccccc5c5cc(C#N)ccc54)c(C#N)c3)c2)c(-n2c3ccccc3c3ccccc32)c1. The van der Waals surface area contributed by atoms with Crippen molar-refractivity contribution in [3.63, 3.8) is 0 Å². The van der Waals surface area contributed by atoms with Gasteiger partial charge in [0.1, 0.15) is 6.07 Å². The van der Waals surface area contributed by atoms with Crippen LogP contribution in [0.5, 0.6) is 0 Å². The average molecular weight is 636 g/mol. The highest BCUT2D eigenvalue weighted by Crippen LogP contribution is 2.39. The van der Waals surface area contributed by atoms with Crippen LogP contribution in [-0.4, -0.2) is 9.13 Å². The molecule has 0 bridgehead atoms. The lowest BCUT2D eigenvalue weighted by molar-refractivity contribution is 1.17. The number of rotatable bonds is 4. The van der Waals surface area contributed by atoms with Gasteiger partial charge in [-0.3, -0.25) is 0 Å². The molecule has 0 spiro atoms. The van der Waals surface area contributed by atoms with Gasteiger partial charge in [0.25, 0.3) is 0 Å². The summed E-state index contributed by atoms with van der Waals surface area (Å²) in [6, 6.07) is 57.8. The number of fused-ring (bicyclic) bond motifs is 6. The van der Waals surface area contributed by atoms with Crippen molar-refractivity contribution in [1.29, 1.82) is 15.8 Å². The van der Waals surface area contributed by atoms with Gasteiger partial charge in [-0.2, -0.15) is 15.8 Å². The normalized spacial score (nSPS) is 11.1.